The van der Waals surface area contributed by atoms with Crippen LogP contribution in [0.4, 0.5) is 4.79 Å². The summed E-state index contributed by atoms with van der Waals surface area (Å²) < 4.78 is 0. The Balaban J connectivity index is 4.22. The molecule has 0 saturated heterocycles. The number of urea groups is 1. The lowest BCUT2D eigenvalue weighted by Gasteiger charge is -2.21. The fraction of sp³-hybridized carbons (Fsp3) is 0.750. The second-order valence-electron chi connectivity index (χ2n) is 4.47. The average Bonchev–Trinajstić information content (AvgIpc) is 2.33. The second kappa shape index (κ2) is 9.18. The highest BCUT2D eigenvalue weighted by Gasteiger charge is 2.21. The van der Waals surface area contributed by atoms with Crippen molar-refractivity contribution in [3.63, 3.8) is 0 Å². The number of hydrogen-bond acceptors (Lipinski definition) is 3. The number of carboxylic acid groups (broad SMARTS) is 1. The number of nitrogens with one attached hydrogen (secondary N) is 1. The molecule has 0 fully saturated rings. The van der Waals surface area contributed by atoms with Crippen LogP contribution in [0.3, 0.4) is 0 Å². The van der Waals surface area contributed by atoms with Crippen molar-refractivity contribution in [2.45, 2.75) is 45.1 Å². The van der Waals surface area contributed by atoms with Crippen LogP contribution >= 0.6 is 0 Å². The lowest BCUT2D eigenvalue weighted by atomic mass is 10.1. The van der Waals surface area contributed by atoms with Crippen molar-refractivity contribution in [1.82, 2.24) is 10.2 Å². The van der Waals surface area contributed by atoms with Crippen molar-refractivity contribution < 1.29 is 19.5 Å². The number of carboxylic acids is 1. The molecule has 0 aliphatic heterocycles. The quantitative estimate of drug-likeness (QED) is 0.532. The van der Waals surface area contributed by atoms with Gasteiger partial charge in [0, 0.05) is 20.0 Å². The van der Waals surface area contributed by atoms with Gasteiger partial charge < -0.3 is 21.1 Å². The number of hydrogen-bond donors (Lipinski definition) is 3. The summed E-state index contributed by atoms with van der Waals surface area (Å²) >= 11 is 0. The highest BCUT2D eigenvalue weighted by Crippen LogP contribution is 2.01. The van der Waals surface area contributed by atoms with E-state index in [1.807, 2.05) is 0 Å². The summed E-state index contributed by atoms with van der Waals surface area (Å²) in [6.45, 7) is 2.63. The Bertz CT molecular complexity index is 320. The number of carbonyl (C=O) groups is 3. The number of primary amides is 1. The Morgan fingerprint density at radius 3 is 2.42 bits per heavy atom. The molecule has 7 heteroatoms. The Morgan fingerprint density at radius 1 is 1.32 bits per heavy atom. The predicted molar refractivity (Wildman–Crippen MR) is 70.5 cm³/mol. The molecule has 110 valence electrons. The van der Waals surface area contributed by atoms with Gasteiger partial charge in [-0.1, -0.05) is 19.8 Å². The summed E-state index contributed by atoms with van der Waals surface area (Å²) in [4.78, 5) is 34.7. The number of aliphatic carboxylic acids is 1. The molecule has 0 unspecified atom stereocenters. The zero-order valence-electron chi connectivity index (χ0n) is 11.5. The van der Waals surface area contributed by atoms with Crippen LogP contribution in [0.1, 0.15) is 39.0 Å². The molecule has 0 radical (unpaired) electrons. The lowest BCUT2D eigenvalue weighted by molar-refractivity contribution is -0.139. The van der Waals surface area contributed by atoms with Crippen molar-refractivity contribution in [2.24, 2.45) is 5.73 Å². The van der Waals surface area contributed by atoms with Crippen molar-refractivity contribution >= 4 is 17.9 Å². The van der Waals surface area contributed by atoms with E-state index in [0.717, 1.165) is 19.3 Å². The van der Waals surface area contributed by atoms with Crippen LogP contribution < -0.4 is 11.1 Å². The smallest absolute Gasteiger partial charge is 0.326 e. The van der Waals surface area contributed by atoms with E-state index in [1.165, 1.54) is 4.90 Å². The Kier molecular flexibility index (Phi) is 8.32. The molecular weight excluding hydrogens is 250 g/mol. The van der Waals surface area contributed by atoms with Crippen LogP contribution in [0.2, 0.25) is 0 Å². The van der Waals surface area contributed by atoms with E-state index in [1.54, 1.807) is 7.05 Å². The van der Waals surface area contributed by atoms with Crippen LogP contribution in [0, 0.1) is 0 Å². The summed E-state index contributed by atoms with van der Waals surface area (Å²) in [5, 5.41) is 11.3. The highest BCUT2D eigenvalue weighted by molar-refractivity contribution is 5.83. The van der Waals surface area contributed by atoms with Crippen molar-refractivity contribution in [3.8, 4) is 0 Å². The fourth-order valence-corrected chi connectivity index (χ4v) is 1.50. The minimum atomic E-state index is -1.17. The Labute approximate surface area is 113 Å². The first-order valence-corrected chi connectivity index (χ1v) is 6.41. The first-order valence-electron chi connectivity index (χ1n) is 6.41. The molecule has 0 bridgehead atoms. The zero-order valence-corrected chi connectivity index (χ0v) is 11.5. The molecule has 0 aromatic rings. The van der Waals surface area contributed by atoms with Crippen LogP contribution in [0.5, 0.6) is 0 Å². The van der Waals surface area contributed by atoms with Gasteiger partial charge in [-0.05, 0) is 12.8 Å². The molecule has 4 N–H and O–H groups in total. The summed E-state index contributed by atoms with van der Waals surface area (Å²) in [5.74, 6) is -1.76. The van der Waals surface area contributed by atoms with Crippen LogP contribution in [-0.4, -0.2) is 47.5 Å². The standard InChI is InChI=1S/C12H23N3O4/c1-3-4-5-8-15(2)12(19)14-9(11(17)18)6-7-10(13)16/h9H,3-8H2,1-2H3,(H2,13,16)(H,14,19)(H,17,18)/t9-/m0/s1. The van der Waals surface area contributed by atoms with Crippen LogP contribution in [0.15, 0.2) is 0 Å². The molecule has 19 heavy (non-hydrogen) atoms. The van der Waals surface area contributed by atoms with E-state index < -0.39 is 23.9 Å². The average molecular weight is 273 g/mol. The normalized spacial score (nSPS) is 11.7. The maximum Gasteiger partial charge on any atom is 0.326 e. The van der Waals surface area contributed by atoms with Gasteiger partial charge in [-0.2, -0.15) is 0 Å². The van der Waals surface area contributed by atoms with E-state index in [-0.39, 0.29) is 12.8 Å². The number of unbranched alkanes of at least 4 members (excludes halogenated alkanes) is 2. The third-order valence-corrected chi connectivity index (χ3v) is 2.72. The maximum absolute atomic E-state index is 11.7. The molecule has 3 amide bonds. The molecule has 7 nitrogen and oxygen atoms in total. The molecule has 0 aromatic heterocycles. The van der Waals surface area contributed by atoms with E-state index in [9.17, 15) is 14.4 Å². The SMILES string of the molecule is CCCCCN(C)C(=O)N[C@@H](CCC(N)=O)C(=O)O. The minimum Gasteiger partial charge on any atom is -0.480 e. The largest absolute Gasteiger partial charge is 0.480 e. The van der Waals surface area contributed by atoms with Gasteiger partial charge in [-0.25, -0.2) is 9.59 Å². The molecule has 0 saturated carbocycles. The van der Waals surface area contributed by atoms with Gasteiger partial charge in [0.2, 0.25) is 5.91 Å². The number of nitrogens with two attached hydrogens (primary N) is 1. The summed E-state index contributed by atoms with van der Waals surface area (Å²) in [6, 6.07) is -1.54. The summed E-state index contributed by atoms with van der Waals surface area (Å²) in [5.41, 5.74) is 4.96. The van der Waals surface area contributed by atoms with Crippen LogP contribution in [-0.2, 0) is 9.59 Å². The van der Waals surface area contributed by atoms with E-state index >= 15 is 0 Å². The molecule has 0 aliphatic rings. The third kappa shape index (κ3) is 8.01. The molecule has 0 heterocycles. The Morgan fingerprint density at radius 2 is 1.95 bits per heavy atom. The van der Waals surface area contributed by atoms with E-state index in [2.05, 4.69) is 12.2 Å². The first kappa shape index (κ1) is 17.2. The van der Waals surface area contributed by atoms with Gasteiger partial charge in [-0.15, -0.1) is 0 Å². The monoisotopic (exact) mass is 273 g/mol. The minimum absolute atomic E-state index is 0.000787. The molecule has 0 spiro atoms. The van der Waals surface area contributed by atoms with E-state index in [4.69, 9.17) is 10.8 Å². The van der Waals surface area contributed by atoms with Gasteiger partial charge >= 0.3 is 12.0 Å². The maximum atomic E-state index is 11.7. The lowest BCUT2D eigenvalue weighted by Crippen LogP contribution is -2.47. The number of rotatable bonds is 9. The van der Waals surface area contributed by atoms with Crippen molar-refractivity contribution in [1.29, 1.82) is 0 Å². The van der Waals surface area contributed by atoms with Gasteiger partial charge in [-0.3, -0.25) is 4.79 Å². The van der Waals surface area contributed by atoms with Gasteiger partial charge in [0.25, 0.3) is 0 Å². The van der Waals surface area contributed by atoms with Crippen LogP contribution in [0.25, 0.3) is 0 Å². The van der Waals surface area contributed by atoms with Crippen molar-refractivity contribution in [2.75, 3.05) is 13.6 Å². The first-order chi connectivity index (χ1) is 8.88. The fourth-order valence-electron chi connectivity index (χ4n) is 1.50. The molecule has 1 atom stereocenters. The number of amides is 3. The Hall–Kier alpha value is -1.79. The predicted octanol–water partition coefficient (Wildman–Crippen LogP) is 0.537. The van der Waals surface area contributed by atoms with Gasteiger partial charge in [0.15, 0.2) is 0 Å². The topological polar surface area (TPSA) is 113 Å². The highest BCUT2D eigenvalue weighted by atomic mass is 16.4. The second-order valence-corrected chi connectivity index (χ2v) is 4.47. The molecular formula is C12H23N3O4. The van der Waals surface area contributed by atoms with Crippen molar-refractivity contribution in [3.05, 3.63) is 0 Å². The van der Waals surface area contributed by atoms with Gasteiger partial charge in [0.05, 0.1) is 0 Å². The summed E-state index contributed by atoms with van der Waals surface area (Å²) in [6.07, 6.45) is 2.86. The third-order valence-electron chi connectivity index (χ3n) is 2.72. The molecule has 0 aromatic carbocycles. The van der Waals surface area contributed by atoms with Gasteiger partial charge in [0.1, 0.15) is 6.04 Å². The summed E-state index contributed by atoms with van der Waals surface area (Å²) in [7, 11) is 1.61. The molecule has 0 aliphatic carbocycles. The number of carbonyl (C=O) groups excluding carboxylic acids is 2. The van der Waals surface area contributed by atoms with E-state index in [0.29, 0.717) is 6.54 Å². The zero-order chi connectivity index (χ0) is 14.8. The molecule has 0 rings (SSSR count). The number of nitrogens with zero attached hydrogens (tertiary/aromatic N) is 1.